The largest absolute Gasteiger partial charge is 0.481 e. The Morgan fingerprint density at radius 1 is 1.28 bits per heavy atom. The molecule has 0 bridgehead atoms. The standard InChI is InChI=1S/C16H27F3N2O4/c1-4-10(5-2)13(25-3)6-7-20-15(24)21-8-11(14(22)23)12(9-21)16(17,18)19/h10-13H,4-9H2,1-3H3,(H,20,24)(H,22,23)/t11-,12-,13?/m1/s1. The van der Waals surface area contributed by atoms with Gasteiger partial charge in [-0.05, 0) is 12.3 Å². The van der Waals surface area contributed by atoms with Gasteiger partial charge in [-0.1, -0.05) is 26.7 Å². The Morgan fingerprint density at radius 2 is 1.88 bits per heavy atom. The van der Waals surface area contributed by atoms with Crippen LogP contribution in [0.25, 0.3) is 0 Å². The van der Waals surface area contributed by atoms with Crippen molar-refractivity contribution >= 4 is 12.0 Å². The third-order valence-corrected chi connectivity index (χ3v) is 4.93. The highest BCUT2D eigenvalue weighted by molar-refractivity contribution is 5.77. The van der Waals surface area contributed by atoms with E-state index >= 15 is 0 Å². The predicted molar refractivity (Wildman–Crippen MR) is 85.1 cm³/mol. The summed E-state index contributed by atoms with van der Waals surface area (Å²) in [6.07, 6.45) is -2.27. The van der Waals surface area contributed by atoms with Crippen LogP contribution in [0.15, 0.2) is 0 Å². The number of hydrogen-bond donors (Lipinski definition) is 2. The number of carbonyl (C=O) groups excluding carboxylic acids is 1. The Hall–Kier alpha value is -1.51. The van der Waals surface area contributed by atoms with E-state index in [0.29, 0.717) is 12.3 Å². The molecule has 2 amide bonds. The second kappa shape index (κ2) is 9.26. The monoisotopic (exact) mass is 368 g/mol. The van der Waals surface area contributed by atoms with Crippen LogP contribution in [-0.2, 0) is 9.53 Å². The summed E-state index contributed by atoms with van der Waals surface area (Å²) < 4.78 is 44.2. The van der Waals surface area contributed by atoms with Gasteiger partial charge in [0.05, 0.1) is 17.9 Å². The van der Waals surface area contributed by atoms with Crippen molar-refractivity contribution in [2.45, 2.75) is 45.4 Å². The average molecular weight is 368 g/mol. The maximum Gasteiger partial charge on any atom is 0.394 e. The quantitative estimate of drug-likeness (QED) is 0.691. The van der Waals surface area contributed by atoms with Gasteiger partial charge in [0.15, 0.2) is 0 Å². The van der Waals surface area contributed by atoms with E-state index in [1.165, 1.54) is 0 Å². The van der Waals surface area contributed by atoms with E-state index in [-0.39, 0.29) is 12.6 Å². The molecule has 0 radical (unpaired) electrons. The number of amides is 2. The summed E-state index contributed by atoms with van der Waals surface area (Å²) in [6.45, 7) is 3.29. The molecule has 0 aliphatic carbocycles. The lowest BCUT2D eigenvalue weighted by Crippen LogP contribution is -2.41. The zero-order chi connectivity index (χ0) is 19.2. The zero-order valence-electron chi connectivity index (χ0n) is 14.8. The molecule has 3 atom stereocenters. The molecule has 0 spiro atoms. The number of likely N-dealkylation sites (tertiary alicyclic amines) is 1. The number of carboxylic acids is 1. The van der Waals surface area contributed by atoms with Crippen molar-refractivity contribution in [1.29, 1.82) is 0 Å². The lowest BCUT2D eigenvalue weighted by atomic mass is 9.94. The minimum atomic E-state index is -4.64. The van der Waals surface area contributed by atoms with Gasteiger partial charge < -0.3 is 20.1 Å². The van der Waals surface area contributed by atoms with Gasteiger partial charge in [-0.3, -0.25) is 4.79 Å². The third kappa shape index (κ3) is 5.76. The van der Waals surface area contributed by atoms with Gasteiger partial charge in [0.25, 0.3) is 0 Å². The summed E-state index contributed by atoms with van der Waals surface area (Å²) in [6, 6.07) is -0.669. The first-order chi connectivity index (χ1) is 11.6. The summed E-state index contributed by atoms with van der Waals surface area (Å²) in [5.74, 6) is -4.85. The smallest absolute Gasteiger partial charge is 0.394 e. The number of halogens is 3. The van der Waals surface area contributed by atoms with Crippen molar-refractivity contribution in [3.63, 3.8) is 0 Å². The van der Waals surface area contributed by atoms with Crippen LogP contribution in [0, 0.1) is 17.8 Å². The normalized spacial score (nSPS) is 22.3. The molecule has 9 heteroatoms. The number of urea groups is 1. The minimum Gasteiger partial charge on any atom is -0.481 e. The third-order valence-electron chi connectivity index (χ3n) is 4.93. The number of rotatable bonds is 8. The molecule has 1 heterocycles. The Kier molecular flexibility index (Phi) is 7.98. The zero-order valence-corrected chi connectivity index (χ0v) is 14.8. The Bertz CT molecular complexity index is 455. The fourth-order valence-electron chi connectivity index (χ4n) is 3.35. The van der Waals surface area contributed by atoms with Crippen molar-refractivity contribution in [1.82, 2.24) is 10.2 Å². The van der Waals surface area contributed by atoms with Crippen LogP contribution >= 0.6 is 0 Å². The molecule has 1 aliphatic heterocycles. The van der Waals surface area contributed by atoms with E-state index in [4.69, 9.17) is 9.84 Å². The average Bonchev–Trinajstić information content (AvgIpc) is 3.00. The lowest BCUT2D eigenvalue weighted by molar-refractivity contribution is -0.187. The molecule has 0 aromatic rings. The van der Waals surface area contributed by atoms with E-state index in [2.05, 4.69) is 5.32 Å². The van der Waals surface area contributed by atoms with Crippen molar-refractivity contribution in [2.75, 3.05) is 26.7 Å². The molecular weight excluding hydrogens is 341 g/mol. The van der Waals surface area contributed by atoms with Crippen LogP contribution in [0.2, 0.25) is 0 Å². The topological polar surface area (TPSA) is 78.9 Å². The number of aliphatic carboxylic acids is 1. The van der Waals surface area contributed by atoms with Crippen LogP contribution in [0.4, 0.5) is 18.0 Å². The Morgan fingerprint density at radius 3 is 2.28 bits per heavy atom. The van der Waals surface area contributed by atoms with Gasteiger partial charge >= 0.3 is 18.2 Å². The van der Waals surface area contributed by atoms with Crippen LogP contribution in [0.1, 0.15) is 33.1 Å². The highest BCUT2D eigenvalue weighted by Crippen LogP contribution is 2.37. The fourth-order valence-corrected chi connectivity index (χ4v) is 3.35. The molecule has 25 heavy (non-hydrogen) atoms. The summed E-state index contributed by atoms with van der Waals surface area (Å²) in [7, 11) is 1.59. The van der Waals surface area contributed by atoms with Crippen LogP contribution < -0.4 is 5.32 Å². The molecule has 1 saturated heterocycles. The van der Waals surface area contributed by atoms with Crippen LogP contribution in [0.3, 0.4) is 0 Å². The molecule has 6 nitrogen and oxygen atoms in total. The minimum absolute atomic E-state index is 0.0384. The molecule has 1 rings (SSSR count). The molecule has 1 unspecified atom stereocenters. The maximum atomic E-state index is 12.9. The summed E-state index contributed by atoms with van der Waals surface area (Å²) >= 11 is 0. The van der Waals surface area contributed by atoms with Crippen molar-refractivity contribution in [2.24, 2.45) is 17.8 Å². The maximum absolute atomic E-state index is 12.9. The molecular formula is C16H27F3N2O4. The Balaban J connectivity index is 2.56. The van der Waals surface area contributed by atoms with Crippen molar-refractivity contribution in [3.8, 4) is 0 Å². The number of methoxy groups -OCH3 is 1. The van der Waals surface area contributed by atoms with E-state index in [0.717, 1.165) is 17.7 Å². The van der Waals surface area contributed by atoms with Gasteiger partial charge in [-0.25, -0.2) is 4.79 Å². The first-order valence-corrected chi connectivity index (χ1v) is 8.50. The number of carboxylic acid groups (broad SMARTS) is 1. The van der Waals surface area contributed by atoms with Crippen molar-refractivity contribution in [3.05, 3.63) is 0 Å². The second-order valence-electron chi connectivity index (χ2n) is 6.37. The molecule has 0 aromatic carbocycles. The van der Waals surface area contributed by atoms with Gasteiger partial charge in [0, 0.05) is 26.7 Å². The summed E-state index contributed by atoms with van der Waals surface area (Å²) in [5.41, 5.74) is 0. The number of nitrogens with one attached hydrogen (secondary N) is 1. The number of ether oxygens (including phenoxy) is 1. The number of hydrogen-bond acceptors (Lipinski definition) is 3. The number of nitrogens with zero attached hydrogens (tertiary/aromatic N) is 1. The lowest BCUT2D eigenvalue weighted by Gasteiger charge is -2.24. The van der Waals surface area contributed by atoms with Gasteiger partial charge in [-0.15, -0.1) is 0 Å². The first kappa shape index (κ1) is 21.5. The van der Waals surface area contributed by atoms with Gasteiger partial charge in [0.2, 0.25) is 0 Å². The fraction of sp³-hybridized carbons (Fsp3) is 0.875. The van der Waals surface area contributed by atoms with E-state index < -0.39 is 43.1 Å². The molecule has 1 fully saturated rings. The van der Waals surface area contributed by atoms with Gasteiger partial charge in [-0.2, -0.15) is 13.2 Å². The van der Waals surface area contributed by atoms with E-state index in [9.17, 15) is 22.8 Å². The second-order valence-corrected chi connectivity index (χ2v) is 6.37. The SMILES string of the molecule is CCC(CC)C(CCNC(=O)N1C[C@@H](C(F)(F)F)[C@H](C(=O)O)C1)OC. The van der Waals surface area contributed by atoms with Gasteiger partial charge in [0.1, 0.15) is 0 Å². The Labute approximate surface area is 145 Å². The van der Waals surface area contributed by atoms with E-state index in [1.54, 1.807) is 7.11 Å². The molecule has 2 N–H and O–H groups in total. The van der Waals surface area contributed by atoms with Crippen molar-refractivity contribution < 1.29 is 32.6 Å². The number of carbonyl (C=O) groups is 2. The number of alkyl halides is 3. The summed E-state index contributed by atoms with van der Waals surface area (Å²) in [5, 5.41) is 11.5. The molecule has 146 valence electrons. The highest BCUT2D eigenvalue weighted by Gasteiger charge is 2.53. The first-order valence-electron chi connectivity index (χ1n) is 8.50. The highest BCUT2D eigenvalue weighted by atomic mass is 19.4. The molecule has 0 saturated carbocycles. The summed E-state index contributed by atoms with van der Waals surface area (Å²) in [4.78, 5) is 24.0. The molecule has 1 aliphatic rings. The molecule has 0 aromatic heterocycles. The van der Waals surface area contributed by atoms with E-state index in [1.807, 2.05) is 13.8 Å². The van der Waals surface area contributed by atoms with Crippen LogP contribution in [0.5, 0.6) is 0 Å². The predicted octanol–water partition coefficient (Wildman–Crippen LogP) is 2.73. The van der Waals surface area contributed by atoms with Crippen LogP contribution in [-0.4, -0.2) is 61.0 Å².